The molecule has 0 heterocycles. The number of aliphatic hydroxyl groups is 1. The summed E-state index contributed by atoms with van der Waals surface area (Å²) in [5, 5.41) is 22.4. The molecular weight excluding hydrogens is 521 g/mol. The van der Waals surface area contributed by atoms with Crippen LogP contribution in [0.15, 0.2) is 24.3 Å². The minimum atomic E-state index is -5.20. The molecule has 1 unspecified atom stereocenters. The van der Waals surface area contributed by atoms with Gasteiger partial charge in [0.1, 0.15) is 12.6 Å². The second-order valence-electron chi connectivity index (χ2n) is 9.22. The van der Waals surface area contributed by atoms with E-state index in [1.807, 2.05) is 24.4 Å². The van der Waals surface area contributed by atoms with Gasteiger partial charge in [-0.2, -0.15) is 13.2 Å². The molecule has 0 aliphatic heterocycles. The Bertz CT molecular complexity index is 732. The first-order valence-corrected chi connectivity index (χ1v) is 14.6. The summed E-state index contributed by atoms with van der Waals surface area (Å²) >= 11 is 1.03. The summed E-state index contributed by atoms with van der Waals surface area (Å²) in [5.74, 6) is -5.00. The normalized spacial score (nSPS) is 14.5. The summed E-state index contributed by atoms with van der Waals surface area (Å²) in [7, 11) is 0. The molecule has 0 aromatic rings. The largest absolute Gasteiger partial charge is 0.480 e. The highest BCUT2D eigenvalue weighted by atomic mass is 32.2. The van der Waals surface area contributed by atoms with Gasteiger partial charge in [-0.1, -0.05) is 95.9 Å². The van der Waals surface area contributed by atoms with Gasteiger partial charge in [0, 0.05) is 11.0 Å². The Labute approximate surface area is 229 Å². The van der Waals surface area contributed by atoms with Crippen LogP contribution in [-0.4, -0.2) is 63.9 Å². The number of carbonyl (C=O) groups is 3. The number of carboxylic acids is 1. The molecule has 3 atom stereocenters. The van der Waals surface area contributed by atoms with Gasteiger partial charge in [0.25, 0.3) is 0 Å². The number of rotatable bonds is 22. The molecule has 0 bridgehead atoms. The molecule has 0 aliphatic rings. The standard InChI is InChI=1S/C27H45F3N2O5S/c1-3-5-7-8-9-10-11-12-13-14-15-16-18-23(22(33)17-6-4-2)38-20-21(25(36)31-19-24(34)35)32-26(37)27(28,29)30/h14-16,18,21-23,33H,3-13,17,19-20H2,1-2H3,(H,31,36)(H,32,37)(H,34,35)/t21?,22-,23+/m1/s1. The Hall–Kier alpha value is -2.01. The van der Waals surface area contributed by atoms with Crippen LogP contribution in [0.25, 0.3) is 0 Å². The molecule has 0 radical (unpaired) electrons. The second kappa shape index (κ2) is 21.9. The molecule has 0 aliphatic carbocycles. The third-order valence-electron chi connectivity index (χ3n) is 5.75. The van der Waals surface area contributed by atoms with E-state index in [0.29, 0.717) is 6.42 Å². The van der Waals surface area contributed by atoms with Gasteiger partial charge >= 0.3 is 18.1 Å². The average Bonchev–Trinajstić information content (AvgIpc) is 2.86. The molecule has 7 nitrogen and oxygen atoms in total. The monoisotopic (exact) mass is 566 g/mol. The number of halogens is 3. The molecule has 38 heavy (non-hydrogen) atoms. The number of unbranched alkanes of at least 4 members (excludes halogenated alkanes) is 9. The fraction of sp³-hybridized carbons (Fsp3) is 0.741. The van der Waals surface area contributed by atoms with Crippen LogP contribution in [0.5, 0.6) is 0 Å². The molecule has 0 fully saturated rings. The van der Waals surface area contributed by atoms with Crippen LogP contribution in [0.3, 0.4) is 0 Å². The van der Waals surface area contributed by atoms with E-state index >= 15 is 0 Å². The van der Waals surface area contributed by atoms with Crippen molar-refractivity contribution >= 4 is 29.5 Å². The summed E-state index contributed by atoms with van der Waals surface area (Å²) in [6.45, 7) is 3.37. The summed E-state index contributed by atoms with van der Waals surface area (Å²) in [6, 6.07) is -1.62. The number of allylic oxidation sites excluding steroid dienone is 3. The van der Waals surface area contributed by atoms with Crippen LogP contribution in [0.2, 0.25) is 0 Å². The fourth-order valence-corrected chi connectivity index (χ4v) is 4.74. The smallest absolute Gasteiger partial charge is 0.471 e. The average molecular weight is 567 g/mol. The van der Waals surface area contributed by atoms with Crippen molar-refractivity contribution in [2.45, 2.75) is 114 Å². The highest BCUT2D eigenvalue weighted by Crippen LogP contribution is 2.22. The lowest BCUT2D eigenvalue weighted by molar-refractivity contribution is -0.174. The topological polar surface area (TPSA) is 116 Å². The van der Waals surface area contributed by atoms with Gasteiger partial charge in [0.2, 0.25) is 5.91 Å². The van der Waals surface area contributed by atoms with Crippen molar-refractivity contribution < 1.29 is 37.8 Å². The Morgan fingerprint density at radius 2 is 1.53 bits per heavy atom. The first-order valence-electron chi connectivity index (χ1n) is 13.5. The first-order chi connectivity index (χ1) is 18.0. The molecule has 0 rings (SSSR count). The Kier molecular flexibility index (Phi) is 20.7. The molecule has 11 heteroatoms. The lowest BCUT2D eigenvalue weighted by atomic mass is 10.1. The van der Waals surface area contributed by atoms with Crippen molar-refractivity contribution in [3.63, 3.8) is 0 Å². The number of aliphatic hydroxyl groups excluding tert-OH is 1. The van der Waals surface area contributed by atoms with Gasteiger partial charge in [-0.05, 0) is 19.3 Å². The third-order valence-corrected chi connectivity index (χ3v) is 7.14. The van der Waals surface area contributed by atoms with Gasteiger partial charge in [-0.3, -0.25) is 14.4 Å². The minimum Gasteiger partial charge on any atom is -0.480 e. The first kappa shape index (κ1) is 36.0. The van der Waals surface area contributed by atoms with Crippen LogP contribution in [-0.2, 0) is 14.4 Å². The fourth-order valence-electron chi connectivity index (χ4n) is 3.53. The maximum absolute atomic E-state index is 12.7. The van der Waals surface area contributed by atoms with E-state index in [2.05, 4.69) is 6.92 Å². The van der Waals surface area contributed by atoms with Crippen LogP contribution >= 0.6 is 11.8 Å². The molecule has 4 N–H and O–H groups in total. The minimum absolute atomic E-state index is 0.284. The number of thioether (sulfide) groups is 1. The van der Waals surface area contributed by atoms with E-state index in [1.165, 1.54) is 44.9 Å². The molecule has 0 saturated carbocycles. The molecular formula is C27H45F3N2O5S. The molecule has 0 spiro atoms. The Morgan fingerprint density at radius 1 is 0.921 bits per heavy atom. The Morgan fingerprint density at radius 3 is 2.11 bits per heavy atom. The zero-order valence-electron chi connectivity index (χ0n) is 22.6. The van der Waals surface area contributed by atoms with Crippen molar-refractivity contribution in [3.8, 4) is 0 Å². The number of nitrogens with one attached hydrogen (secondary N) is 2. The summed E-state index contributed by atoms with van der Waals surface area (Å²) < 4.78 is 38.2. The van der Waals surface area contributed by atoms with Crippen LogP contribution in [0.1, 0.15) is 90.9 Å². The number of amides is 2. The highest BCUT2D eigenvalue weighted by Gasteiger charge is 2.41. The molecule has 2 amide bonds. The van der Waals surface area contributed by atoms with Crippen LogP contribution in [0, 0.1) is 0 Å². The molecule has 0 aromatic heterocycles. The van der Waals surface area contributed by atoms with E-state index in [9.17, 15) is 32.7 Å². The Balaban J connectivity index is 5.00. The molecule has 0 saturated heterocycles. The third kappa shape index (κ3) is 19.1. The summed E-state index contributed by atoms with van der Waals surface area (Å²) in [6.07, 6.45) is 14.2. The maximum Gasteiger partial charge on any atom is 0.471 e. The van der Waals surface area contributed by atoms with Crippen molar-refractivity contribution in [1.82, 2.24) is 10.6 Å². The van der Waals surface area contributed by atoms with Crippen LogP contribution < -0.4 is 10.6 Å². The number of hydrogen-bond donors (Lipinski definition) is 4. The number of carboxylic acid groups (broad SMARTS) is 1. The van der Waals surface area contributed by atoms with Crippen molar-refractivity contribution in [3.05, 3.63) is 24.3 Å². The lowest BCUT2D eigenvalue weighted by Gasteiger charge is -2.23. The van der Waals surface area contributed by atoms with Gasteiger partial charge in [0.05, 0.1) is 6.10 Å². The predicted molar refractivity (Wildman–Crippen MR) is 146 cm³/mol. The number of alkyl halides is 3. The zero-order valence-corrected chi connectivity index (χ0v) is 23.4. The zero-order chi connectivity index (χ0) is 28.8. The van der Waals surface area contributed by atoms with Gasteiger partial charge in [-0.25, -0.2) is 0 Å². The molecule has 220 valence electrons. The van der Waals surface area contributed by atoms with E-state index in [1.54, 1.807) is 17.5 Å². The number of aliphatic carboxylic acids is 1. The highest BCUT2D eigenvalue weighted by molar-refractivity contribution is 8.00. The van der Waals surface area contributed by atoms with E-state index in [-0.39, 0.29) is 5.75 Å². The van der Waals surface area contributed by atoms with Crippen molar-refractivity contribution in [2.24, 2.45) is 0 Å². The van der Waals surface area contributed by atoms with E-state index in [4.69, 9.17) is 5.11 Å². The van der Waals surface area contributed by atoms with Crippen molar-refractivity contribution in [2.75, 3.05) is 12.3 Å². The number of hydrogen-bond acceptors (Lipinski definition) is 5. The van der Waals surface area contributed by atoms with E-state index < -0.39 is 47.9 Å². The summed E-state index contributed by atoms with van der Waals surface area (Å²) in [5.41, 5.74) is 0. The number of carbonyl (C=O) groups excluding carboxylic acids is 2. The lowest BCUT2D eigenvalue weighted by Crippen LogP contribution is -2.52. The van der Waals surface area contributed by atoms with Gasteiger partial charge in [0.15, 0.2) is 0 Å². The van der Waals surface area contributed by atoms with Gasteiger partial charge < -0.3 is 20.8 Å². The van der Waals surface area contributed by atoms with E-state index in [0.717, 1.165) is 37.4 Å². The predicted octanol–water partition coefficient (Wildman–Crippen LogP) is 5.53. The van der Waals surface area contributed by atoms with Crippen LogP contribution in [0.4, 0.5) is 13.2 Å². The SMILES string of the molecule is CCCCCCCCCCC=CC=C[C@H](SCC(NC(=O)C(F)(F)F)C(=O)NCC(=O)O)[C@H](O)CCCC. The second-order valence-corrected chi connectivity index (χ2v) is 10.4. The van der Waals surface area contributed by atoms with Gasteiger partial charge in [-0.15, -0.1) is 11.8 Å². The quantitative estimate of drug-likeness (QED) is 0.101. The van der Waals surface area contributed by atoms with Crippen molar-refractivity contribution in [1.29, 1.82) is 0 Å². The molecule has 0 aromatic carbocycles. The summed E-state index contributed by atoms with van der Waals surface area (Å²) in [4.78, 5) is 34.4. The maximum atomic E-state index is 12.7.